The third-order valence-electron chi connectivity index (χ3n) is 3.86. The highest BCUT2D eigenvalue weighted by atomic mass is 16.4. The average molecular weight is 290 g/mol. The number of aryl methyl sites for hydroxylation is 1. The minimum absolute atomic E-state index is 0.104. The molecule has 1 aliphatic heterocycles. The highest BCUT2D eigenvalue weighted by molar-refractivity contribution is 5.97. The van der Waals surface area contributed by atoms with Gasteiger partial charge < -0.3 is 15.3 Å². The van der Waals surface area contributed by atoms with E-state index in [1.54, 1.807) is 12.1 Å². The molecule has 0 atom stereocenters. The Hall–Kier alpha value is -1.88. The third-order valence-corrected chi connectivity index (χ3v) is 3.86. The summed E-state index contributed by atoms with van der Waals surface area (Å²) in [5, 5.41) is 12.3. The Morgan fingerprint density at radius 3 is 2.43 bits per heavy atom. The molecule has 1 aromatic rings. The summed E-state index contributed by atoms with van der Waals surface area (Å²) < 4.78 is 0. The molecule has 21 heavy (non-hydrogen) atoms. The van der Waals surface area contributed by atoms with Crippen molar-refractivity contribution in [1.29, 1.82) is 0 Å². The fraction of sp³-hybridized carbons (Fsp3) is 0.500. The van der Waals surface area contributed by atoms with Gasteiger partial charge in [0.05, 0.1) is 0 Å². The second-order valence-electron chi connectivity index (χ2n) is 5.61. The smallest absolute Gasteiger partial charge is 0.323 e. The second kappa shape index (κ2) is 7.22. The third kappa shape index (κ3) is 4.56. The van der Waals surface area contributed by atoms with Gasteiger partial charge in [0.2, 0.25) is 5.91 Å². The predicted octanol–water partition coefficient (Wildman–Crippen LogP) is 1.80. The van der Waals surface area contributed by atoms with E-state index in [9.17, 15) is 9.59 Å². The summed E-state index contributed by atoms with van der Waals surface area (Å²) in [6, 6.07) is 7.39. The molecule has 1 aromatic carbocycles. The van der Waals surface area contributed by atoms with Crippen LogP contribution >= 0.6 is 0 Å². The first-order chi connectivity index (χ1) is 10.1. The number of carboxylic acids is 1. The maximum atomic E-state index is 12.5. The Morgan fingerprint density at radius 1 is 1.24 bits per heavy atom. The van der Waals surface area contributed by atoms with Crippen molar-refractivity contribution in [2.45, 2.75) is 26.2 Å². The fourth-order valence-electron chi connectivity index (χ4n) is 2.63. The molecule has 2 N–H and O–H groups in total. The van der Waals surface area contributed by atoms with Gasteiger partial charge in [-0.15, -0.1) is 0 Å². The number of nitrogens with one attached hydrogen (secondary N) is 1. The normalized spacial score (nSPS) is 15.7. The van der Waals surface area contributed by atoms with Crippen LogP contribution in [0.3, 0.4) is 0 Å². The quantitative estimate of drug-likeness (QED) is 0.867. The standard InChI is InChI=1S/C16H22N2O3/c1-12-2-4-14(5-3-12)18(11-16(20)21)15(19)10-13-6-8-17-9-7-13/h2-5,13,17H,6-11H2,1H3,(H,20,21). The Morgan fingerprint density at radius 2 is 1.86 bits per heavy atom. The number of piperidine rings is 1. The van der Waals surface area contributed by atoms with Crippen molar-refractivity contribution in [1.82, 2.24) is 5.32 Å². The van der Waals surface area contributed by atoms with Crippen molar-refractivity contribution >= 4 is 17.6 Å². The zero-order valence-electron chi connectivity index (χ0n) is 12.3. The zero-order chi connectivity index (χ0) is 15.2. The van der Waals surface area contributed by atoms with Crippen molar-refractivity contribution in [3.8, 4) is 0 Å². The molecule has 114 valence electrons. The topological polar surface area (TPSA) is 69.6 Å². The number of benzene rings is 1. The number of carbonyl (C=O) groups is 2. The summed E-state index contributed by atoms with van der Waals surface area (Å²) in [4.78, 5) is 24.9. The van der Waals surface area contributed by atoms with E-state index in [1.165, 1.54) is 4.90 Å². The van der Waals surface area contributed by atoms with Gasteiger partial charge in [0.25, 0.3) is 0 Å². The van der Waals surface area contributed by atoms with Crippen molar-refractivity contribution < 1.29 is 14.7 Å². The van der Waals surface area contributed by atoms with Gasteiger partial charge in [-0.05, 0) is 50.9 Å². The molecule has 0 spiro atoms. The van der Waals surface area contributed by atoms with Crippen LogP contribution in [-0.2, 0) is 9.59 Å². The van der Waals surface area contributed by atoms with Gasteiger partial charge in [0, 0.05) is 12.1 Å². The van der Waals surface area contributed by atoms with Crippen LogP contribution in [0.4, 0.5) is 5.69 Å². The molecule has 0 bridgehead atoms. The number of carbonyl (C=O) groups excluding carboxylic acids is 1. The molecule has 0 aromatic heterocycles. The van der Waals surface area contributed by atoms with Crippen LogP contribution in [0.1, 0.15) is 24.8 Å². The van der Waals surface area contributed by atoms with Crippen LogP contribution in [0.2, 0.25) is 0 Å². The number of carboxylic acid groups (broad SMARTS) is 1. The minimum atomic E-state index is -0.991. The van der Waals surface area contributed by atoms with E-state index in [0.717, 1.165) is 31.5 Å². The molecule has 1 amide bonds. The molecule has 1 fully saturated rings. The summed E-state index contributed by atoms with van der Waals surface area (Å²) in [6.45, 7) is 3.54. The largest absolute Gasteiger partial charge is 0.480 e. The van der Waals surface area contributed by atoms with Gasteiger partial charge in [0.1, 0.15) is 6.54 Å². The van der Waals surface area contributed by atoms with Gasteiger partial charge in [-0.1, -0.05) is 17.7 Å². The highest BCUT2D eigenvalue weighted by Crippen LogP contribution is 2.21. The number of anilines is 1. The number of amides is 1. The van der Waals surface area contributed by atoms with E-state index in [4.69, 9.17) is 5.11 Å². The van der Waals surface area contributed by atoms with Crippen molar-refractivity contribution in [2.75, 3.05) is 24.5 Å². The first-order valence-electron chi connectivity index (χ1n) is 7.36. The summed E-state index contributed by atoms with van der Waals surface area (Å²) in [6.07, 6.45) is 2.37. The Balaban J connectivity index is 2.08. The number of hydrogen-bond acceptors (Lipinski definition) is 3. The first-order valence-corrected chi connectivity index (χ1v) is 7.36. The SMILES string of the molecule is Cc1ccc(N(CC(=O)O)C(=O)CC2CCNCC2)cc1. The number of aliphatic carboxylic acids is 1. The van der Waals surface area contributed by atoms with Crippen molar-refractivity contribution in [3.05, 3.63) is 29.8 Å². The second-order valence-corrected chi connectivity index (χ2v) is 5.61. The Kier molecular flexibility index (Phi) is 5.33. The molecule has 1 saturated heterocycles. The van der Waals surface area contributed by atoms with Crippen LogP contribution in [0.5, 0.6) is 0 Å². The van der Waals surface area contributed by atoms with Crippen molar-refractivity contribution in [2.24, 2.45) is 5.92 Å². The maximum Gasteiger partial charge on any atom is 0.323 e. The molecule has 5 heteroatoms. The summed E-state index contributed by atoms with van der Waals surface area (Å²) >= 11 is 0. The highest BCUT2D eigenvalue weighted by Gasteiger charge is 2.23. The molecule has 0 radical (unpaired) electrons. The van der Waals surface area contributed by atoms with Gasteiger partial charge in [0.15, 0.2) is 0 Å². The maximum absolute atomic E-state index is 12.5. The van der Waals surface area contributed by atoms with Gasteiger partial charge >= 0.3 is 5.97 Å². The lowest BCUT2D eigenvalue weighted by Gasteiger charge is -2.26. The summed E-state index contributed by atoms with van der Waals surface area (Å²) in [5.74, 6) is -0.747. The van der Waals surface area contributed by atoms with Gasteiger partial charge in [-0.25, -0.2) is 0 Å². The molecule has 0 aliphatic carbocycles. The minimum Gasteiger partial charge on any atom is -0.480 e. The van der Waals surface area contributed by atoms with Gasteiger partial charge in [-0.2, -0.15) is 0 Å². The van der Waals surface area contributed by atoms with Crippen LogP contribution in [0, 0.1) is 12.8 Å². The van der Waals surface area contributed by atoms with E-state index in [2.05, 4.69) is 5.32 Å². The van der Waals surface area contributed by atoms with E-state index in [1.807, 2.05) is 19.1 Å². The molecular formula is C16H22N2O3. The van der Waals surface area contributed by atoms with Crippen LogP contribution in [-0.4, -0.2) is 36.6 Å². The summed E-state index contributed by atoms with van der Waals surface area (Å²) in [5.41, 5.74) is 1.74. The lowest BCUT2D eigenvalue weighted by molar-refractivity contribution is -0.136. The molecular weight excluding hydrogens is 268 g/mol. The van der Waals surface area contributed by atoms with E-state index < -0.39 is 5.97 Å². The van der Waals surface area contributed by atoms with Crippen LogP contribution in [0.25, 0.3) is 0 Å². The Labute approximate surface area is 125 Å². The molecule has 1 aliphatic rings. The molecule has 0 unspecified atom stereocenters. The van der Waals surface area contributed by atoms with Crippen LogP contribution in [0.15, 0.2) is 24.3 Å². The molecule has 2 rings (SSSR count). The Bertz CT molecular complexity index is 493. The first kappa shape index (κ1) is 15.5. The lowest BCUT2D eigenvalue weighted by Crippen LogP contribution is -2.38. The zero-order valence-corrected chi connectivity index (χ0v) is 12.3. The molecule has 0 saturated carbocycles. The van der Waals surface area contributed by atoms with E-state index in [-0.39, 0.29) is 12.5 Å². The fourth-order valence-corrected chi connectivity index (χ4v) is 2.63. The number of nitrogens with zero attached hydrogens (tertiary/aromatic N) is 1. The van der Waals surface area contributed by atoms with Crippen LogP contribution < -0.4 is 10.2 Å². The predicted molar refractivity (Wildman–Crippen MR) is 81.4 cm³/mol. The van der Waals surface area contributed by atoms with Gasteiger partial charge in [-0.3, -0.25) is 9.59 Å². The van der Waals surface area contributed by atoms with E-state index in [0.29, 0.717) is 18.0 Å². The number of rotatable bonds is 5. The lowest BCUT2D eigenvalue weighted by atomic mass is 9.94. The molecule has 5 nitrogen and oxygen atoms in total. The van der Waals surface area contributed by atoms with E-state index >= 15 is 0 Å². The number of hydrogen-bond donors (Lipinski definition) is 2. The van der Waals surface area contributed by atoms with Crippen molar-refractivity contribution in [3.63, 3.8) is 0 Å². The monoisotopic (exact) mass is 290 g/mol. The average Bonchev–Trinajstić information content (AvgIpc) is 2.46. The summed E-state index contributed by atoms with van der Waals surface area (Å²) in [7, 11) is 0. The molecule has 1 heterocycles.